The number of methoxy groups -OCH3 is 1. The van der Waals surface area contributed by atoms with Crippen molar-refractivity contribution >= 4 is 17.2 Å². The lowest BCUT2D eigenvalue weighted by molar-refractivity contribution is 0.0929. The third-order valence-electron chi connectivity index (χ3n) is 4.10. The number of thiazole rings is 1. The lowest BCUT2D eigenvalue weighted by Gasteiger charge is -2.22. The maximum Gasteiger partial charge on any atom is 0.263 e. The summed E-state index contributed by atoms with van der Waals surface area (Å²) >= 11 is 1.52. The summed E-state index contributed by atoms with van der Waals surface area (Å²) in [6.45, 7) is 4.22. The predicted molar refractivity (Wildman–Crippen MR) is 92.1 cm³/mol. The van der Waals surface area contributed by atoms with Gasteiger partial charge in [-0.1, -0.05) is 26.0 Å². The molecule has 1 aliphatic carbocycles. The first-order valence-electron chi connectivity index (χ1n) is 7.99. The van der Waals surface area contributed by atoms with Gasteiger partial charge in [-0.25, -0.2) is 4.98 Å². The summed E-state index contributed by atoms with van der Waals surface area (Å²) in [5.74, 6) is 1.66. The van der Waals surface area contributed by atoms with Crippen LogP contribution in [0.25, 0.3) is 0 Å². The van der Waals surface area contributed by atoms with Crippen LogP contribution in [0.3, 0.4) is 0 Å². The topological polar surface area (TPSA) is 51.2 Å². The van der Waals surface area contributed by atoms with Crippen LogP contribution in [0.4, 0.5) is 0 Å². The van der Waals surface area contributed by atoms with Crippen molar-refractivity contribution < 1.29 is 9.53 Å². The highest BCUT2D eigenvalue weighted by Gasteiger charge is 2.28. The van der Waals surface area contributed by atoms with E-state index < -0.39 is 0 Å². The average molecular weight is 330 g/mol. The van der Waals surface area contributed by atoms with Crippen molar-refractivity contribution in [3.8, 4) is 5.75 Å². The fourth-order valence-corrected chi connectivity index (χ4v) is 3.56. The lowest BCUT2D eigenvalue weighted by atomic mass is 9.96. The van der Waals surface area contributed by atoms with Crippen LogP contribution < -0.4 is 10.1 Å². The molecule has 0 aliphatic heterocycles. The first-order valence-corrected chi connectivity index (χ1v) is 8.80. The summed E-state index contributed by atoms with van der Waals surface area (Å²) < 4.78 is 5.20. The minimum atomic E-state index is -0.0380. The van der Waals surface area contributed by atoms with E-state index in [2.05, 4.69) is 24.1 Å². The van der Waals surface area contributed by atoms with Crippen LogP contribution in [0.2, 0.25) is 0 Å². The van der Waals surface area contributed by atoms with Crippen LogP contribution in [-0.4, -0.2) is 18.0 Å². The third-order valence-corrected chi connectivity index (χ3v) is 5.26. The first kappa shape index (κ1) is 16.0. The van der Waals surface area contributed by atoms with Crippen LogP contribution in [0.1, 0.15) is 58.9 Å². The Kier molecular flexibility index (Phi) is 4.66. The molecule has 122 valence electrons. The Hall–Kier alpha value is -1.88. The zero-order valence-electron chi connectivity index (χ0n) is 13.7. The zero-order valence-corrected chi connectivity index (χ0v) is 14.5. The van der Waals surface area contributed by atoms with Gasteiger partial charge in [0.1, 0.15) is 10.6 Å². The van der Waals surface area contributed by atoms with Gasteiger partial charge in [0.2, 0.25) is 0 Å². The van der Waals surface area contributed by atoms with Crippen LogP contribution >= 0.6 is 11.3 Å². The monoisotopic (exact) mass is 330 g/mol. The van der Waals surface area contributed by atoms with Crippen LogP contribution in [-0.2, 0) is 0 Å². The van der Waals surface area contributed by atoms with Crippen LogP contribution in [0.5, 0.6) is 5.75 Å². The molecule has 1 aromatic carbocycles. The Morgan fingerprint density at radius 1 is 1.30 bits per heavy atom. The molecule has 4 nitrogen and oxygen atoms in total. The highest BCUT2D eigenvalue weighted by molar-refractivity contribution is 7.13. The number of benzene rings is 1. The van der Waals surface area contributed by atoms with Gasteiger partial charge in [0, 0.05) is 5.92 Å². The summed E-state index contributed by atoms with van der Waals surface area (Å²) in [6.07, 6.45) is 4.11. The highest BCUT2D eigenvalue weighted by atomic mass is 32.1. The van der Waals surface area contributed by atoms with Gasteiger partial charge in [0.05, 0.1) is 24.4 Å². The SMILES string of the molecule is COc1ccc(C(NC(=O)c2cnc(C3CC3)s2)C(C)C)cc1. The Morgan fingerprint density at radius 2 is 2.00 bits per heavy atom. The van der Waals surface area contributed by atoms with Gasteiger partial charge in [0.25, 0.3) is 5.91 Å². The number of nitrogens with one attached hydrogen (secondary N) is 1. The number of carbonyl (C=O) groups excluding carboxylic acids is 1. The number of amides is 1. The normalized spacial score (nSPS) is 15.5. The predicted octanol–water partition coefficient (Wildman–Crippen LogP) is 4.16. The standard InChI is InChI=1S/C18H22N2O2S/c1-11(2)16(12-6-8-14(22-3)9-7-12)20-17(21)15-10-19-18(23-15)13-4-5-13/h6-11,13,16H,4-5H2,1-3H3,(H,20,21). The molecule has 1 unspecified atom stereocenters. The van der Waals surface area contributed by atoms with Crippen molar-refractivity contribution in [1.29, 1.82) is 0 Å². The molecule has 0 radical (unpaired) electrons. The van der Waals surface area contributed by atoms with E-state index in [-0.39, 0.29) is 11.9 Å². The van der Waals surface area contributed by atoms with E-state index in [1.807, 2.05) is 24.3 Å². The van der Waals surface area contributed by atoms with Gasteiger partial charge < -0.3 is 10.1 Å². The lowest BCUT2D eigenvalue weighted by Crippen LogP contribution is -2.31. The van der Waals surface area contributed by atoms with Gasteiger partial charge >= 0.3 is 0 Å². The van der Waals surface area contributed by atoms with Gasteiger partial charge in [0.15, 0.2) is 0 Å². The molecule has 1 aliphatic rings. The Morgan fingerprint density at radius 3 is 2.57 bits per heavy atom. The quantitative estimate of drug-likeness (QED) is 0.865. The molecule has 5 heteroatoms. The van der Waals surface area contributed by atoms with Crippen molar-refractivity contribution in [1.82, 2.24) is 10.3 Å². The molecule has 1 N–H and O–H groups in total. The van der Waals surface area contributed by atoms with E-state index in [0.717, 1.165) is 16.3 Å². The van der Waals surface area contributed by atoms with Gasteiger partial charge in [-0.2, -0.15) is 0 Å². The molecule has 2 aromatic rings. The van der Waals surface area contributed by atoms with Crippen molar-refractivity contribution in [3.05, 3.63) is 45.9 Å². The van der Waals surface area contributed by atoms with Crippen molar-refractivity contribution in [2.45, 2.75) is 38.6 Å². The van der Waals surface area contributed by atoms with E-state index >= 15 is 0 Å². The summed E-state index contributed by atoms with van der Waals surface area (Å²) in [5, 5.41) is 4.25. The number of hydrogen-bond donors (Lipinski definition) is 1. The summed E-state index contributed by atoms with van der Waals surface area (Å²) in [6, 6.07) is 7.83. The van der Waals surface area contributed by atoms with Gasteiger partial charge in [-0.15, -0.1) is 11.3 Å². The van der Waals surface area contributed by atoms with E-state index in [0.29, 0.717) is 16.7 Å². The largest absolute Gasteiger partial charge is 0.497 e. The van der Waals surface area contributed by atoms with Crippen LogP contribution in [0.15, 0.2) is 30.5 Å². The molecule has 1 heterocycles. The number of ether oxygens (including phenoxy) is 1. The molecule has 0 saturated heterocycles. The molecule has 1 saturated carbocycles. The number of aromatic nitrogens is 1. The molecule has 3 rings (SSSR count). The fourth-order valence-electron chi connectivity index (χ4n) is 2.57. The van der Waals surface area contributed by atoms with Crippen molar-refractivity contribution in [3.63, 3.8) is 0 Å². The molecule has 0 bridgehead atoms. The third kappa shape index (κ3) is 3.72. The molecule has 1 atom stereocenters. The molecular weight excluding hydrogens is 308 g/mol. The Labute approximate surface area is 140 Å². The molecule has 1 aromatic heterocycles. The summed E-state index contributed by atoms with van der Waals surface area (Å²) in [7, 11) is 1.65. The molecule has 1 fully saturated rings. The number of nitrogens with zero attached hydrogens (tertiary/aromatic N) is 1. The molecule has 1 amide bonds. The zero-order chi connectivity index (χ0) is 16.4. The van der Waals surface area contributed by atoms with Gasteiger partial charge in [-0.3, -0.25) is 4.79 Å². The van der Waals surface area contributed by atoms with Crippen molar-refractivity contribution in [2.24, 2.45) is 5.92 Å². The van der Waals surface area contributed by atoms with E-state index in [1.165, 1.54) is 24.2 Å². The van der Waals surface area contributed by atoms with E-state index in [4.69, 9.17) is 4.74 Å². The second-order valence-corrected chi connectivity index (χ2v) is 7.37. The maximum atomic E-state index is 12.5. The minimum absolute atomic E-state index is 0.0279. The fraction of sp³-hybridized carbons (Fsp3) is 0.444. The van der Waals surface area contributed by atoms with Gasteiger partial charge in [-0.05, 0) is 36.5 Å². The minimum Gasteiger partial charge on any atom is -0.497 e. The second-order valence-electron chi connectivity index (χ2n) is 6.31. The number of carbonyl (C=O) groups is 1. The Balaban J connectivity index is 1.73. The van der Waals surface area contributed by atoms with E-state index in [9.17, 15) is 4.79 Å². The molecule has 23 heavy (non-hydrogen) atoms. The molecular formula is C18H22N2O2S. The first-order chi connectivity index (χ1) is 11.1. The molecule has 0 spiro atoms. The summed E-state index contributed by atoms with van der Waals surface area (Å²) in [5.41, 5.74) is 1.08. The Bertz CT molecular complexity index is 675. The number of hydrogen-bond acceptors (Lipinski definition) is 4. The summed E-state index contributed by atoms with van der Waals surface area (Å²) in [4.78, 5) is 17.6. The van der Waals surface area contributed by atoms with E-state index in [1.54, 1.807) is 13.3 Å². The van der Waals surface area contributed by atoms with Crippen molar-refractivity contribution in [2.75, 3.05) is 7.11 Å². The maximum absolute atomic E-state index is 12.5. The number of rotatable bonds is 6. The van der Waals surface area contributed by atoms with Crippen LogP contribution in [0, 0.1) is 5.92 Å². The highest BCUT2D eigenvalue weighted by Crippen LogP contribution is 2.41. The second kappa shape index (κ2) is 6.71. The smallest absolute Gasteiger partial charge is 0.263 e. The average Bonchev–Trinajstić information content (AvgIpc) is 3.29.